The standard InChI is InChI=1S/C20H19NO/c1-13-11-15(3)18(12-14(13)2)20(22)21-19-10-6-8-16-7-4-5-9-17(16)19/h4-12H,1-3H3,(H,21,22). The zero-order valence-corrected chi connectivity index (χ0v) is 13.1. The third kappa shape index (κ3) is 2.60. The van der Waals surface area contributed by atoms with Crippen molar-refractivity contribution in [3.8, 4) is 0 Å². The number of rotatable bonds is 2. The number of carbonyl (C=O) groups is 1. The molecule has 0 aliphatic heterocycles. The molecule has 2 nitrogen and oxygen atoms in total. The lowest BCUT2D eigenvalue weighted by Gasteiger charge is -2.12. The topological polar surface area (TPSA) is 29.1 Å². The number of anilines is 1. The smallest absolute Gasteiger partial charge is 0.255 e. The maximum Gasteiger partial charge on any atom is 0.255 e. The Hall–Kier alpha value is -2.61. The van der Waals surface area contributed by atoms with E-state index in [-0.39, 0.29) is 5.91 Å². The lowest BCUT2D eigenvalue weighted by molar-refractivity contribution is 0.102. The van der Waals surface area contributed by atoms with Crippen molar-refractivity contribution in [1.29, 1.82) is 0 Å². The summed E-state index contributed by atoms with van der Waals surface area (Å²) in [5, 5.41) is 5.23. The van der Waals surface area contributed by atoms with Crippen LogP contribution in [0.1, 0.15) is 27.0 Å². The summed E-state index contributed by atoms with van der Waals surface area (Å²) in [6.07, 6.45) is 0. The first-order valence-corrected chi connectivity index (χ1v) is 7.43. The first-order valence-electron chi connectivity index (χ1n) is 7.43. The van der Waals surface area contributed by atoms with Gasteiger partial charge in [0, 0.05) is 16.6 Å². The van der Waals surface area contributed by atoms with Crippen LogP contribution in [0.2, 0.25) is 0 Å². The van der Waals surface area contributed by atoms with Gasteiger partial charge in [0.15, 0.2) is 0 Å². The lowest BCUT2D eigenvalue weighted by atomic mass is 10.00. The molecule has 110 valence electrons. The van der Waals surface area contributed by atoms with Gasteiger partial charge in [-0.15, -0.1) is 0 Å². The van der Waals surface area contributed by atoms with Gasteiger partial charge in [-0.2, -0.15) is 0 Å². The predicted molar refractivity (Wildman–Crippen MR) is 92.6 cm³/mol. The molecule has 3 rings (SSSR count). The van der Waals surface area contributed by atoms with Crippen molar-refractivity contribution in [2.24, 2.45) is 0 Å². The van der Waals surface area contributed by atoms with Crippen LogP contribution < -0.4 is 5.32 Å². The first kappa shape index (κ1) is 14.3. The Morgan fingerprint density at radius 3 is 2.32 bits per heavy atom. The average Bonchev–Trinajstić information content (AvgIpc) is 2.51. The molecule has 0 bridgehead atoms. The second kappa shape index (κ2) is 5.64. The fraction of sp³-hybridized carbons (Fsp3) is 0.150. The molecule has 0 saturated carbocycles. The first-order chi connectivity index (χ1) is 10.6. The van der Waals surface area contributed by atoms with Gasteiger partial charge in [-0.25, -0.2) is 0 Å². The summed E-state index contributed by atoms with van der Waals surface area (Å²) in [6.45, 7) is 6.07. The zero-order chi connectivity index (χ0) is 15.7. The van der Waals surface area contributed by atoms with Crippen molar-refractivity contribution in [2.75, 3.05) is 5.32 Å². The summed E-state index contributed by atoms with van der Waals surface area (Å²) >= 11 is 0. The van der Waals surface area contributed by atoms with E-state index in [1.165, 1.54) is 5.56 Å². The molecule has 0 radical (unpaired) electrons. The largest absolute Gasteiger partial charge is 0.321 e. The fourth-order valence-electron chi connectivity index (χ4n) is 2.73. The number of benzene rings is 3. The van der Waals surface area contributed by atoms with E-state index in [9.17, 15) is 4.79 Å². The third-order valence-corrected chi connectivity index (χ3v) is 4.12. The van der Waals surface area contributed by atoms with Gasteiger partial charge < -0.3 is 5.32 Å². The minimum atomic E-state index is -0.0584. The van der Waals surface area contributed by atoms with Gasteiger partial charge in [0.05, 0.1) is 0 Å². The molecule has 0 aromatic heterocycles. The Bertz CT molecular complexity index is 859. The quantitative estimate of drug-likeness (QED) is 0.705. The maximum atomic E-state index is 12.6. The Morgan fingerprint density at radius 1 is 0.818 bits per heavy atom. The number of hydrogen-bond acceptors (Lipinski definition) is 1. The highest BCUT2D eigenvalue weighted by molar-refractivity contribution is 6.09. The van der Waals surface area contributed by atoms with Gasteiger partial charge in [-0.1, -0.05) is 42.5 Å². The molecule has 0 saturated heterocycles. The summed E-state index contributed by atoms with van der Waals surface area (Å²) in [5.74, 6) is -0.0584. The van der Waals surface area contributed by atoms with Crippen molar-refractivity contribution in [3.63, 3.8) is 0 Å². The van der Waals surface area contributed by atoms with Crippen molar-refractivity contribution in [1.82, 2.24) is 0 Å². The molecule has 22 heavy (non-hydrogen) atoms. The minimum absolute atomic E-state index is 0.0584. The number of nitrogens with one attached hydrogen (secondary N) is 1. The molecular weight excluding hydrogens is 270 g/mol. The normalized spacial score (nSPS) is 10.7. The molecule has 0 unspecified atom stereocenters. The van der Waals surface area contributed by atoms with Gasteiger partial charge in [-0.3, -0.25) is 4.79 Å². The second-order valence-electron chi connectivity index (χ2n) is 5.73. The van der Waals surface area contributed by atoms with Gasteiger partial charge in [-0.05, 0) is 55.0 Å². The third-order valence-electron chi connectivity index (χ3n) is 4.12. The Balaban J connectivity index is 1.99. The van der Waals surface area contributed by atoms with Crippen molar-refractivity contribution >= 4 is 22.4 Å². The van der Waals surface area contributed by atoms with Crippen LogP contribution in [0.25, 0.3) is 10.8 Å². The fourth-order valence-corrected chi connectivity index (χ4v) is 2.73. The molecule has 0 atom stereocenters. The van der Waals surface area contributed by atoms with E-state index >= 15 is 0 Å². The van der Waals surface area contributed by atoms with E-state index in [0.29, 0.717) is 0 Å². The minimum Gasteiger partial charge on any atom is -0.321 e. The van der Waals surface area contributed by atoms with E-state index in [0.717, 1.165) is 33.2 Å². The number of carbonyl (C=O) groups excluding carboxylic acids is 1. The molecular formula is C20H19NO. The molecule has 3 aromatic rings. The molecule has 1 N–H and O–H groups in total. The van der Waals surface area contributed by atoms with E-state index in [1.54, 1.807) is 0 Å². The highest BCUT2D eigenvalue weighted by atomic mass is 16.1. The van der Waals surface area contributed by atoms with Gasteiger partial charge in [0.2, 0.25) is 0 Å². The molecule has 0 spiro atoms. The van der Waals surface area contributed by atoms with Crippen LogP contribution in [0.4, 0.5) is 5.69 Å². The van der Waals surface area contributed by atoms with Crippen LogP contribution in [0.15, 0.2) is 54.6 Å². The Morgan fingerprint density at radius 2 is 1.50 bits per heavy atom. The van der Waals surface area contributed by atoms with E-state index in [1.807, 2.05) is 62.4 Å². The van der Waals surface area contributed by atoms with Crippen LogP contribution in [0.3, 0.4) is 0 Å². The van der Waals surface area contributed by atoms with Crippen molar-refractivity contribution in [3.05, 3.63) is 76.9 Å². The summed E-state index contributed by atoms with van der Waals surface area (Å²) in [7, 11) is 0. The average molecular weight is 289 g/mol. The number of hydrogen-bond donors (Lipinski definition) is 1. The van der Waals surface area contributed by atoms with Gasteiger partial charge in [0.1, 0.15) is 0 Å². The molecule has 0 aliphatic carbocycles. The summed E-state index contributed by atoms with van der Waals surface area (Å²) in [5.41, 5.74) is 4.92. The molecule has 0 aliphatic rings. The second-order valence-corrected chi connectivity index (χ2v) is 5.73. The highest BCUT2D eigenvalue weighted by Crippen LogP contribution is 2.24. The summed E-state index contributed by atoms with van der Waals surface area (Å²) in [6, 6.07) is 18.0. The van der Waals surface area contributed by atoms with Crippen LogP contribution >= 0.6 is 0 Å². The molecule has 0 heterocycles. The van der Waals surface area contributed by atoms with Crippen LogP contribution in [0, 0.1) is 20.8 Å². The molecule has 3 aromatic carbocycles. The number of fused-ring (bicyclic) bond motifs is 1. The SMILES string of the molecule is Cc1cc(C)c(C(=O)Nc2cccc3ccccc23)cc1C. The molecule has 0 fully saturated rings. The summed E-state index contributed by atoms with van der Waals surface area (Å²) < 4.78 is 0. The number of amides is 1. The predicted octanol–water partition coefficient (Wildman–Crippen LogP) is 5.02. The van der Waals surface area contributed by atoms with Crippen molar-refractivity contribution < 1.29 is 4.79 Å². The molecule has 1 amide bonds. The Kier molecular flexibility index (Phi) is 3.68. The summed E-state index contributed by atoms with van der Waals surface area (Å²) in [4.78, 5) is 12.6. The highest BCUT2D eigenvalue weighted by Gasteiger charge is 2.12. The Labute approximate surface area is 130 Å². The van der Waals surface area contributed by atoms with Crippen LogP contribution in [-0.2, 0) is 0 Å². The maximum absolute atomic E-state index is 12.6. The van der Waals surface area contributed by atoms with Crippen molar-refractivity contribution in [2.45, 2.75) is 20.8 Å². The molecule has 2 heteroatoms. The van der Waals surface area contributed by atoms with E-state index in [4.69, 9.17) is 0 Å². The van der Waals surface area contributed by atoms with Gasteiger partial charge >= 0.3 is 0 Å². The zero-order valence-electron chi connectivity index (χ0n) is 13.1. The van der Waals surface area contributed by atoms with E-state index < -0.39 is 0 Å². The lowest BCUT2D eigenvalue weighted by Crippen LogP contribution is -2.14. The number of aryl methyl sites for hydroxylation is 3. The monoisotopic (exact) mass is 289 g/mol. The van der Waals surface area contributed by atoms with E-state index in [2.05, 4.69) is 18.3 Å². The van der Waals surface area contributed by atoms with Crippen LogP contribution in [-0.4, -0.2) is 5.91 Å². The van der Waals surface area contributed by atoms with Crippen LogP contribution in [0.5, 0.6) is 0 Å². The van der Waals surface area contributed by atoms with Gasteiger partial charge in [0.25, 0.3) is 5.91 Å².